The maximum absolute atomic E-state index is 10.6. The van der Waals surface area contributed by atoms with Crippen molar-refractivity contribution in [3.05, 3.63) is 39.9 Å². The highest BCUT2D eigenvalue weighted by Gasteiger charge is 2.10. The number of nitrogens with zero attached hydrogens (tertiary/aromatic N) is 1. The van der Waals surface area contributed by atoms with E-state index in [1.165, 1.54) is 11.3 Å². The molecule has 88 valence electrons. The second-order valence-corrected chi connectivity index (χ2v) is 4.96. The SMILES string of the molecule is Cc1ccc(Cl)c(-c2nc(CC(=O)O)cs2)c1. The molecule has 0 bridgehead atoms. The van der Waals surface area contributed by atoms with E-state index in [0.717, 1.165) is 16.1 Å². The minimum atomic E-state index is -0.878. The molecule has 2 rings (SSSR count). The van der Waals surface area contributed by atoms with Crippen LogP contribution in [-0.2, 0) is 11.2 Å². The molecule has 0 spiro atoms. The maximum atomic E-state index is 10.6. The number of rotatable bonds is 3. The van der Waals surface area contributed by atoms with Gasteiger partial charge in [-0.15, -0.1) is 11.3 Å². The number of aryl methyl sites for hydroxylation is 1. The largest absolute Gasteiger partial charge is 0.481 e. The molecule has 2 aromatic rings. The second kappa shape index (κ2) is 4.85. The van der Waals surface area contributed by atoms with E-state index < -0.39 is 5.97 Å². The Kier molecular flexibility index (Phi) is 3.45. The third-order valence-electron chi connectivity index (χ3n) is 2.24. The average Bonchev–Trinajstić information content (AvgIpc) is 2.69. The molecular weight excluding hydrogens is 258 g/mol. The van der Waals surface area contributed by atoms with E-state index in [9.17, 15) is 4.79 Å². The van der Waals surface area contributed by atoms with Crippen LogP contribution in [0.3, 0.4) is 0 Å². The molecule has 17 heavy (non-hydrogen) atoms. The molecule has 0 fully saturated rings. The van der Waals surface area contributed by atoms with Gasteiger partial charge < -0.3 is 5.11 Å². The van der Waals surface area contributed by atoms with Crippen LogP contribution in [0.15, 0.2) is 23.6 Å². The lowest BCUT2D eigenvalue weighted by Gasteiger charge is -2.01. The van der Waals surface area contributed by atoms with E-state index in [0.29, 0.717) is 10.7 Å². The van der Waals surface area contributed by atoms with Gasteiger partial charge in [-0.25, -0.2) is 4.98 Å². The average molecular weight is 268 g/mol. The zero-order chi connectivity index (χ0) is 12.4. The molecule has 1 N–H and O–H groups in total. The van der Waals surface area contributed by atoms with Gasteiger partial charge in [0.2, 0.25) is 0 Å². The van der Waals surface area contributed by atoms with Gasteiger partial charge in [-0.1, -0.05) is 23.2 Å². The predicted molar refractivity (Wildman–Crippen MR) is 68.6 cm³/mol. The van der Waals surface area contributed by atoms with E-state index in [1.54, 1.807) is 5.38 Å². The number of carbonyl (C=O) groups is 1. The van der Waals surface area contributed by atoms with Crippen LogP contribution in [0.25, 0.3) is 10.6 Å². The molecule has 0 atom stereocenters. The molecule has 0 radical (unpaired) electrons. The number of halogens is 1. The van der Waals surface area contributed by atoms with Crippen molar-refractivity contribution >= 4 is 28.9 Å². The van der Waals surface area contributed by atoms with Crippen LogP contribution in [0.5, 0.6) is 0 Å². The van der Waals surface area contributed by atoms with Gasteiger partial charge in [0.05, 0.1) is 17.1 Å². The van der Waals surface area contributed by atoms with Crippen LogP contribution < -0.4 is 0 Å². The quantitative estimate of drug-likeness (QED) is 0.927. The molecular formula is C12H10ClNO2S. The number of aromatic nitrogens is 1. The summed E-state index contributed by atoms with van der Waals surface area (Å²) in [5.74, 6) is -0.878. The number of carboxylic acid groups (broad SMARTS) is 1. The first-order valence-electron chi connectivity index (χ1n) is 4.99. The van der Waals surface area contributed by atoms with Crippen LogP contribution in [0.1, 0.15) is 11.3 Å². The Bertz CT molecular complexity index is 565. The molecule has 0 amide bonds. The van der Waals surface area contributed by atoms with Gasteiger partial charge in [-0.05, 0) is 19.1 Å². The third kappa shape index (κ3) is 2.84. The number of carboxylic acids is 1. The van der Waals surface area contributed by atoms with Gasteiger partial charge in [0, 0.05) is 10.9 Å². The molecule has 0 unspecified atom stereocenters. The van der Waals surface area contributed by atoms with Crippen molar-refractivity contribution in [2.24, 2.45) is 0 Å². The van der Waals surface area contributed by atoms with E-state index in [4.69, 9.17) is 16.7 Å². The van der Waals surface area contributed by atoms with Crippen molar-refractivity contribution in [2.75, 3.05) is 0 Å². The van der Waals surface area contributed by atoms with Gasteiger partial charge >= 0.3 is 5.97 Å². The highest BCUT2D eigenvalue weighted by molar-refractivity contribution is 7.13. The van der Waals surface area contributed by atoms with Crippen molar-refractivity contribution in [1.29, 1.82) is 0 Å². The van der Waals surface area contributed by atoms with Crippen molar-refractivity contribution in [3.63, 3.8) is 0 Å². The fraction of sp³-hybridized carbons (Fsp3) is 0.167. The fourth-order valence-electron chi connectivity index (χ4n) is 1.47. The summed E-state index contributed by atoms with van der Waals surface area (Å²) in [5, 5.41) is 11.8. The lowest BCUT2D eigenvalue weighted by atomic mass is 10.1. The minimum absolute atomic E-state index is 0.0556. The van der Waals surface area contributed by atoms with Crippen molar-refractivity contribution in [3.8, 4) is 10.6 Å². The number of hydrogen-bond donors (Lipinski definition) is 1. The predicted octanol–water partition coefficient (Wildman–Crippen LogP) is 3.40. The fourth-order valence-corrected chi connectivity index (χ4v) is 2.58. The van der Waals surface area contributed by atoms with E-state index in [-0.39, 0.29) is 6.42 Å². The molecule has 3 nitrogen and oxygen atoms in total. The summed E-state index contributed by atoms with van der Waals surface area (Å²) in [6.07, 6.45) is -0.0556. The Balaban J connectivity index is 2.36. The molecule has 0 aliphatic carbocycles. The molecule has 1 heterocycles. The van der Waals surface area contributed by atoms with Crippen LogP contribution in [0, 0.1) is 6.92 Å². The number of aliphatic carboxylic acids is 1. The summed E-state index contributed by atoms with van der Waals surface area (Å²) in [4.78, 5) is 14.8. The van der Waals surface area contributed by atoms with Crippen molar-refractivity contribution in [2.45, 2.75) is 13.3 Å². The van der Waals surface area contributed by atoms with Gasteiger partial charge in [-0.3, -0.25) is 4.79 Å². The number of hydrogen-bond acceptors (Lipinski definition) is 3. The highest BCUT2D eigenvalue weighted by Crippen LogP contribution is 2.31. The molecule has 5 heteroatoms. The highest BCUT2D eigenvalue weighted by atomic mass is 35.5. The van der Waals surface area contributed by atoms with Crippen molar-refractivity contribution < 1.29 is 9.90 Å². The van der Waals surface area contributed by atoms with Gasteiger partial charge in [-0.2, -0.15) is 0 Å². The molecule has 1 aromatic heterocycles. The molecule has 1 aromatic carbocycles. The van der Waals surface area contributed by atoms with Gasteiger partial charge in [0.15, 0.2) is 0 Å². The first-order chi connectivity index (χ1) is 8.06. The summed E-state index contributed by atoms with van der Waals surface area (Å²) in [5.41, 5.74) is 2.52. The number of benzene rings is 1. The van der Waals surface area contributed by atoms with E-state index >= 15 is 0 Å². The summed E-state index contributed by atoms with van der Waals surface area (Å²) < 4.78 is 0. The zero-order valence-electron chi connectivity index (χ0n) is 9.11. The minimum Gasteiger partial charge on any atom is -0.481 e. The normalized spacial score (nSPS) is 10.5. The Labute approximate surface area is 108 Å². The zero-order valence-corrected chi connectivity index (χ0v) is 10.7. The molecule has 0 saturated carbocycles. The van der Waals surface area contributed by atoms with Gasteiger partial charge in [0.1, 0.15) is 5.01 Å². The first-order valence-corrected chi connectivity index (χ1v) is 6.25. The molecule has 0 aliphatic rings. The smallest absolute Gasteiger partial charge is 0.309 e. The number of thiazole rings is 1. The van der Waals surface area contributed by atoms with Crippen LogP contribution >= 0.6 is 22.9 Å². The van der Waals surface area contributed by atoms with E-state index in [2.05, 4.69) is 4.98 Å². The Morgan fingerprint density at radius 1 is 1.53 bits per heavy atom. The second-order valence-electron chi connectivity index (χ2n) is 3.70. The summed E-state index contributed by atoms with van der Waals surface area (Å²) >= 11 is 7.50. The monoisotopic (exact) mass is 267 g/mol. The summed E-state index contributed by atoms with van der Waals surface area (Å²) in [6.45, 7) is 1.98. The Morgan fingerprint density at radius 2 is 2.29 bits per heavy atom. The van der Waals surface area contributed by atoms with Gasteiger partial charge in [0.25, 0.3) is 0 Å². The van der Waals surface area contributed by atoms with Crippen LogP contribution in [0.4, 0.5) is 0 Å². The molecule has 0 saturated heterocycles. The Morgan fingerprint density at radius 3 is 3.00 bits per heavy atom. The van der Waals surface area contributed by atoms with E-state index in [1.807, 2.05) is 25.1 Å². The third-order valence-corrected chi connectivity index (χ3v) is 3.49. The van der Waals surface area contributed by atoms with Crippen LogP contribution in [0.2, 0.25) is 5.02 Å². The standard InChI is InChI=1S/C12H10ClNO2S/c1-7-2-3-10(13)9(4-7)12-14-8(6-17-12)5-11(15)16/h2-4,6H,5H2,1H3,(H,15,16). The summed E-state index contributed by atoms with van der Waals surface area (Å²) in [7, 11) is 0. The Hall–Kier alpha value is -1.39. The molecule has 0 aliphatic heterocycles. The lowest BCUT2D eigenvalue weighted by molar-refractivity contribution is -0.136. The maximum Gasteiger partial charge on any atom is 0.309 e. The lowest BCUT2D eigenvalue weighted by Crippen LogP contribution is -1.99. The summed E-state index contributed by atoms with van der Waals surface area (Å²) in [6, 6.07) is 5.70. The van der Waals surface area contributed by atoms with Crippen LogP contribution in [-0.4, -0.2) is 16.1 Å². The first kappa shape index (κ1) is 12.1. The topological polar surface area (TPSA) is 50.2 Å². The van der Waals surface area contributed by atoms with Crippen molar-refractivity contribution in [1.82, 2.24) is 4.98 Å².